The topological polar surface area (TPSA) is 55.2 Å². The van der Waals surface area contributed by atoms with Gasteiger partial charge in [-0.1, -0.05) is 33.1 Å². The zero-order valence-corrected chi connectivity index (χ0v) is 13.6. The highest BCUT2D eigenvalue weighted by Gasteiger charge is 2.12. The number of hydrogen-bond donors (Lipinski definition) is 1. The van der Waals surface area contributed by atoms with E-state index < -0.39 is 0 Å². The van der Waals surface area contributed by atoms with Crippen molar-refractivity contribution in [2.45, 2.75) is 39.5 Å². The van der Waals surface area contributed by atoms with Gasteiger partial charge in [0.05, 0.1) is 8.49 Å². The van der Waals surface area contributed by atoms with Crippen molar-refractivity contribution >= 4 is 34.0 Å². The standard InChI is InChI=1S/C14H21IN2O2/c1-3-5-6-11(4-2)10-16-12-7-8-14(17(18)19)13(15)9-12/h7-9,11,16H,3-6,10H2,1-2H3. The molecule has 0 amide bonds. The Morgan fingerprint density at radius 1 is 1.42 bits per heavy atom. The maximum atomic E-state index is 10.7. The Hall–Kier alpha value is -0.850. The lowest BCUT2D eigenvalue weighted by molar-refractivity contribution is -0.385. The largest absolute Gasteiger partial charge is 0.385 e. The van der Waals surface area contributed by atoms with Crippen LogP contribution >= 0.6 is 22.6 Å². The van der Waals surface area contributed by atoms with Gasteiger partial charge in [0, 0.05) is 18.3 Å². The zero-order valence-electron chi connectivity index (χ0n) is 11.5. The molecule has 0 saturated carbocycles. The Morgan fingerprint density at radius 2 is 2.16 bits per heavy atom. The summed E-state index contributed by atoms with van der Waals surface area (Å²) in [6, 6.07) is 5.19. The van der Waals surface area contributed by atoms with Gasteiger partial charge in [0.25, 0.3) is 5.69 Å². The van der Waals surface area contributed by atoms with Crippen LogP contribution in [-0.2, 0) is 0 Å². The number of nitro groups is 1. The number of anilines is 1. The third-order valence-electron chi connectivity index (χ3n) is 3.28. The molecule has 4 nitrogen and oxygen atoms in total. The number of nitrogens with one attached hydrogen (secondary N) is 1. The maximum Gasteiger partial charge on any atom is 0.282 e. The Morgan fingerprint density at radius 3 is 2.68 bits per heavy atom. The quantitative estimate of drug-likeness (QED) is 0.402. The predicted octanol–water partition coefficient (Wildman–Crippen LogP) is 4.83. The van der Waals surface area contributed by atoms with Crippen LogP contribution in [0.5, 0.6) is 0 Å². The average Bonchev–Trinajstić information content (AvgIpc) is 2.38. The second kappa shape index (κ2) is 8.35. The Kier molecular flexibility index (Phi) is 7.12. The summed E-state index contributed by atoms with van der Waals surface area (Å²) in [5.41, 5.74) is 1.13. The van der Waals surface area contributed by atoms with Gasteiger partial charge in [-0.25, -0.2) is 0 Å². The van der Waals surface area contributed by atoms with Gasteiger partial charge >= 0.3 is 0 Å². The number of halogens is 1. The van der Waals surface area contributed by atoms with Crippen molar-refractivity contribution in [1.29, 1.82) is 0 Å². The molecule has 0 aliphatic heterocycles. The smallest absolute Gasteiger partial charge is 0.282 e. The lowest BCUT2D eigenvalue weighted by Crippen LogP contribution is -2.13. The van der Waals surface area contributed by atoms with E-state index in [2.05, 4.69) is 19.2 Å². The fourth-order valence-corrected chi connectivity index (χ4v) is 2.68. The van der Waals surface area contributed by atoms with Crippen LogP contribution in [0.15, 0.2) is 18.2 Å². The Bertz CT molecular complexity index is 424. The second-order valence-electron chi connectivity index (χ2n) is 4.72. The van der Waals surface area contributed by atoms with Crippen LogP contribution in [0.25, 0.3) is 0 Å². The van der Waals surface area contributed by atoms with Crippen molar-refractivity contribution in [3.8, 4) is 0 Å². The number of benzene rings is 1. The number of nitro benzene ring substituents is 1. The number of rotatable bonds is 8. The van der Waals surface area contributed by atoms with Crippen molar-refractivity contribution in [3.05, 3.63) is 31.9 Å². The summed E-state index contributed by atoms with van der Waals surface area (Å²) in [5.74, 6) is 0.674. The number of unbranched alkanes of at least 4 members (excludes halogenated alkanes) is 1. The zero-order chi connectivity index (χ0) is 14.3. The fourth-order valence-electron chi connectivity index (χ4n) is 1.97. The molecular weight excluding hydrogens is 355 g/mol. The predicted molar refractivity (Wildman–Crippen MR) is 87.6 cm³/mol. The van der Waals surface area contributed by atoms with E-state index in [9.17, 15) is 10.1 Å². The van der Waals surface area contributed by atoms with E-state index in [1.165, 1.54) is 19.3 Å². The second-order valence-corrected chi connectivity index (χ2v) is 5.88. The minimum Gasteiger partial charge on any atom is -0.385 e. The molecule has 19 heavy (non-hydrogen) atoms. The minimum atomic E-state index is -0.346. The van der Waals surface area contributed by atoms with Crippen molar-refractivity contribution in [3.63, 3.8) is 0 Å². The monoisotopic (exact) mass is 376 g/mol. The molecule has 1 aromatic rings. The van der Waals surface area contributed by atoms with Gasteiger partial charge in [-0.15, -0.1) is 0 Å². The highest BCUT2D eigenvalue weighted by atomic mass is 127. The summed E-state index contributed by atoms with van der Waals surface area (Å²) < 4.78 is 0.675. The first-order valence-electron chi connectivity index (χ1n) is 6.76. The molecule has 0 fully saturated rings. The summed E-state index contributed by atoms with van der Waals surface area (Å²) in [7, 11) is 0. The first kappa shape index (κ1) is 16.2. The van der Waals surface area contributed by atoms with Gasteiger partial charge < -0.3 is 5.32 Å². The average molecular weight is 376 g/mol. The molecule has 0 aliphatic rings. The molecule has 0 radical (unpaired) electrons. The Labute approximate surface area is 128 Å². The van der Waals surface area contributed by atoms with E-state index in [4.69, 9.17) is 0 Å². The van der Waals surface area contributed by atoms with E-state index in [-0.39, 0.29) is 10.6 Å². The molecular formula is C14H21IN2O2. The number of nitrogens with zero attached hydrogens (tertiary/aromatic N) is 1. The summed E-state index contributed by atoms with van der Waals surface area (Å²) in [4.78, 5) is 10.4. The van der Waals surface area contributed by atoms with Crippen LogP contribution in [0, 0.1) is 19.6 Å². The molecule has 1 atom stereocenters. The summed E-state index contributed by atoms with van der Waals surface area (Å²) in [6.45, 7) is 5.35. The normalized spacial score (nSPS) is 12.2. The fraction of sp³-hybridized carbons (Fsp3) is 0.571. The van der Waals surface area contributed by atoms with Crippen LogP contribution in [0.2, 0.25) is 0 Å². The maximum absolute atomic E-state index is 10.7. The molecule has 0 aliphatic carbocycles. The van der Waals surface area contributed by atoms with E-state index in [1.807, 2.05) is 28.7 Å². The third kappa shape index (κ3) is 5.34. The molecule has 1 aromatic carbocycles. The molecule has 0 aromatic heterocycles. The molecule has 0 heterocycles. The third-order valence-corrected chi connectivity index (χ3v) is 4.15. The lowest BCUT2D eigenvalue weighted by Gasteiger charge is -2.16. The van der Waals surface area contributed by atoms with E-state index in [1.54, 1.807) is 12.1 Å². The molecule has 0 spiro atoms. The number of hydrogen-bond acceptors (Lipinski definition) is 3. The highest BCUT2D eigenvalue weighted by Crippen LogP contribution is 2.24. The van der Waals surface area contributed by atoms with Crippen LogP contribution < -0.4 is 5.32 Å². The molecule has 5 heteroatoms. The van der Waals surface area contributed by atoms with E-state index in [0.717, 1.165) is 18.7 Å². The molecule has 0 saturated heterocycles. The van der Waals surface area contributed by atoms with E-state index in [0.29, 0.717) is 9.49 Å². The molecule has 106 valence electrons. The van der Waals surface area contributed by atoms with Crippen molar-refractivity contribution in [2.24, 2.45) is 5.92 Å². The van der Waals surface area contributed by atoms with Crippen molar-refractivity contribution < 1.29 is 4.92 Å². The summed E-state index contributed by atoms with van der Waals surface area (Å²) in [5, 5.41) is 14.1. The lowest BCUT2D eigenvalue weighted by atomic mass is 9.99. The molecule has 0 bridgehead atoms. The van der Waals surface area contributed by atoms with E-state index >= 15 is 0 Å². The molecule has 1 rings (SSSR count). The van der Waals surface area contributed by atoms with Gasteiger partial charge in [0.2, 0.25) is 0 Å². The van der Waals surface area contributed by atoms with Crippen LogP contribution in [0.4, 0.5) is 11.4 Å². The minimum absolute atomic E-state index is 0.171. The van der Waals surface area contributed by atoms with Gasteiger partial charge in [-0.3, -0.25) is 10.1 Å². The van der Waals surface area contributed by atoms with Gasteiger partial charge in [-0.2, -0.15) is 0 Å². The van der Waals surface area contributed by atoms with Gasteiger partial charge in [-0.05, 0) is 47.1 Å². The van der Waals surface area contributed by atoms with Gasteiger partial charge in [0.15, 0.2) is 0 Å². The van der Waals surface area contributed by atoms with Gasteiger partial charge in [0.1, 0.15) is 0 Å². The highest BCUT2D eigenvalue weighted by molar-refractivity contribution is 14.1. The van der Waals surface area contributed by atoms with Crippen molar-refractivity contribution in [1.82, 2.24) is 0 Å². The summed E-state index contributed by atoms with van der Waals surface area (Å²) in [6.07, 6.45) is 4.89. The molecule has 1 N–H and O–H groups in total. The van der Waals surface area contributed by atoms with Crippen LogP contribution in [0.1, 0.15) is 39.5 Å². The first-order valence-corrected chi connectivity index (χ1v) is 7.84. The molecule has 1 unspecified atom stereocenters. The van der Waals surface area contributed by atoms with Crippen LogP contribution in [0.3, 0.4) is 0 Å². The first-order chi connectivity index (χ1) is 9.08. The Balaban J connectivity index is 2.57. The summed E-state index contributed by atoms with van der Waals surface area (Å²) >= 11 is 2.01. The van der Waals surface area contributed by atoms with Crippen molar-refractivity contribution in [2.75, 3.05) is 11.9 Å². The SMILES string of the molecule is CCCCC(CC)CNc1ccc([N+](=O)[O-])c(I)c1. The van der Waals surface area contributed by atoms with Crippen LogP contribution in [-0.4, -0.2) is 11.5 Å².